The van der Waals surface area contributed by atoms with Crippen molar-refractivity contribution >= 4 is 0 Å². The Balaban J connectivity index is 4.64. The predicted octanol–water partition coefficient (Wildman–Crippen LogP) is 2.95. The molecule has 0 saturated carbocycles. The van der Waals surface area contributed by atoms with Crippen LogP contribution in [-0.4, -0.2) is 31.4 Å². The SMILES string of the molecule is C=COCCOC(F)(C(F)(F)F)C(F)(F)F. The molecule has 2 nitrogen and oxygen atoms in total. The Kier molecular flexibility index (Phi) is 4.59. The molecular formula is C7H7F7O2. The number of ether oxygens (including phenoxy) is 2. The molecule has 0 aliphatic carbocycles. The zero-order valence-corrected chi connectivity index (χ0v) is 7.66. The first-order valence-electron chi connectivity index (χ1n) is 3.75. The van der Waals surface area contributed by atoms with E-state index in [4.69, 9.17) is 0 Å². The summed E-state index contributed by atoms with van der Waals surface area (Å²) in [4.78, 5) is 0. The summed E-state index contributed by atoms with van der Waals surface area (Å²) in [5, 5.41) is 0. The molecule has 0 heterocycles. The Morgan fingerprint density at radius 1 is 0.875 bits per heavy atom. The molecule has 0 fully saturated rings. The normalized spacial score (nSPS) is 13.7. The summed E-state index contributed by atoms with van der Waals surface area (Å²) in [6.07, 6.45) is -11.6. The van der Waals surface area contributed by atoms with Crippen LogP contribution in [-0.2, 0) is 9.47 Å². The lowest BCUT2D eigenvalue weighted by molar-refractivity contribution is -0.430. The van der Waals surface area contributed by atoms with E-state index in [-0.39, 0.29) is 0 Å². The second kappa shape index (κ2) is 4.89. The zero-order valence-electron chi connectivity index (χ0n) is 7.66. The van der Waals surface area contributed by atoms with Crippen LogP contribution >= 0.6 is 0 Å². The van der Waals surface area contributed by atoms with Crippen LogP contribution in [0, 0.1) is 0 Å². The molecule has 0 unspecified atom stereocenters. The van der Waals surface area contributed by atoms with Gasteiger partial charge in [0.2, 0.25) is 0 Å². The van der Waals surface area contributed by atoms with Gasteiger partial charge in [0.1, 0.15) is 6.61 Å². The van der Waals surface area contributed by atoms with Gasteiger partial charge >= 0.3 is 18.2 Å². The maximum Gasteiger partial charge on any atom is 0.458 e. The van der Waals surface area contributed by atoms with E-state index in [2.05, 4.69) is 16.1 Å². The molecule has 0 N–H and O–H groups in total. The van der Waals surface area contributed by atoms with Gasteiger partial charge in [0.05, 0.1) is 12.9 Å². The van der Waals surface area contributed by atoms with Crippen LogP contribution in [0.15, 0.2) is 12.8 Å². The first-order chi connectivity index (χ1) is 7.06. The summed E-state index contributed by atoms with van der Waals surface area (Å²) >= 11 is 0. The van der Waals surface area contributed by atoms with Gasteiger partial charge in [0, 0.05) is 0 Å². The van der Waals surface area contributed by atoms with Gasteiger partial charge in [-0.2, -0.15) is 30.7 Å². The minimum atomic E-state index is -6.21. The highest BCUT2D eigenvalue weighted by atomic mass is 19.4. The summed E-state index contributed by atoms with van der Waals surface area (Å²) in [5.74, 6) is -5.69. The Morgan fingerprint density at radius 2 is 1.31 bits per heavy atom. The minimum absolute atomic E-state index is 0.679. The lowest BCUT2D eigenvalue weighted by Gasteiger charge is -2.29. The molecule has 0 aromatic carbocycles. The summed E-state index contributed by atoms with van der Waals surface area (Å²) in [6, 6.07) is 0. The number of hydrogen-bond acceptors (Lipinski definition) is 2. The van der Waals surface area contributed by atoms with Gasteiger partial charge in [-0.15, -0.1) is 0 Å². The van der Waals surface area contributed by atoms with Crippen LogP contribution in [0.25, 0.3) is 0 Å². The van der Waals surface area contributed by atoms with Crippen LogP contribution < -0.4 is 0 Å². The van der Waals surface area contributed by atoms with E-state index in [0.717, 1.165) is 6.26 Å². The van der Waals surface area contributed by atoms with Crippen molar-refractivity contribution in [3.63, 3.8) is 0 Å². The van der Waals surface area contributed by atoms with Crippen molar-refractivity contribution in [2.24, 2.45) is 0 Å². The molecule has 0 rings (SSSR count). The molecule has 16 heavy (non-hydrogen) atoms. The van der Waals surface area contributed by atoms with Crippen molar-refractivity contribution in [1.29, 1.82) is 0 Å². The van der Waals surface area contributed by atoms with Gasteiger partial charge in [-0.1, -0.05) is 6.58 Å². The smallest absolute Gasteiger partial charge is 0.458 e. The van der Waals surface area contributed by atoms with Crippen LogP contribution in [0.5, 0.6) is 0 Å². The highest BCUT2D eigenvalue weighted by Crippen LogP contribution is 2.46. The summed E-state index contributed by atoms with van der Waals surface area (Å²) in [6.45, 7) is 1.08. The molecule has 0 aromatic heterocycles. The number of halogens is 7. The lowest BCUT2D eigenvalue weighted by Crippen LogP contribution is -2.55. The summed E-state index contributed by atoms with van der Waals surface area (Å²) in [7, 11) is 0. The molecule has 96 valence electrons. The van der Waals surface area contributed by atoms with Gasteiger partial charge in [-0.3, -0.25) is 0 Å². The average Bonchev–Trinajstić information content (AvgIpc) is 2.08. The van der Waals surface area contributed by atoms with Crippen molar-refractivity contribution in [2.75, 3.05) is 13.2 Å². The third-order valence-corrected chi connectivity index (χ3v) is 1.35. The Morgan fingerprint density at radius 3 is 1.62 bits per heavy atom. The third-order valence-electron chi connectivity index (χ3n) is 1.35. The van der Waals surface area contributed by atoms with Crippen molar-refractivity contribution in [1.82, 2.24) is 0 Å². The van der Waals surface area contributed by atoms with Crippen molar-refractivity contribution in [3.05, 3.63) is 12.8 Å². The van der Waals surface area contributed by atoms with Crippen LogP contribution in [0.1, 0.15) is 0 Å². The quantitative estimate of drug-likeness (QED) is 0.427. The first kappa shape index (κ1) is 15.0. The van der Waals surface area contributed by atoms with E-state index in [1.807, 2.05) is 0 Å². The topological polar surface area (TPSA) is 18.5 Å². The highest BCUT2D eigenvalue weighted by Gasteiger charge is 2.74. The zero-order chi connectivity index (χ0) is 13.0. The van der Waals surface area contributed by atoms with Crippen molar-refractivity contribution in [2.45, 2.75) is 18.2 Å². The number of alkyl halides is 7. The van der Waals surface area contributed by atoms with Gasteiger partial charge in [0.15, 0.2) is 0 Å². The molecule has 0 saturated heterocycles. The molecule has 0 atom stereocenters. The van der Waals surface area contributed by atoms with Crippen LogP contribution in [0.3, 0.4) is 0 Å². The largest absolute Gasteiger partial charge is 0.499 e. The molecule has 0 aromatic rings. The molecule has 0 spiro atoms. The molecule has 0 amide bonds. The Hall–Kier alpha value is -0.990. The molecule has 0 aliphatic heterocycles. The van der Waals surface area contributed by atoms with Gasteiger partial charge < -0.3 is 9.47 Å². The molecule has 0 radical (unpaired) electrons. The molecule has 0 aliphatic rings. The van der Waals surface area contributed by atoms with Crippen LogP contribution in [0.2, 0.25) is 0 Å². The predicted molar refractivity (Wildman–Crippen MR) is 38.1 cm³/mol. The van der Waals surface area contributed by atoms with Gasteiger partial charge in [0.25, 0.3) is 0 Å². The fourth-order valence-electron chi connectivity index (χ4n) is 0.638. The van der Waals surface area contributed by atoms with E-state index in [0.29, 0.717) is 0 Å². The second-order valence-corrected chi connectivity index (χ2v) is 2.48. The Labute approximate surface area is 85.6 Å². The highest BCUT2D eigenvalue weighted by molar-refractivity contribution is 4.85. The van der Waals surface area contributed by atoms with E-state index in [1.54, 1.807) is 0 Å². The maximum atomic E-state index is 12.7. The van der Waals surface area contributed by atoms with E-state index in [9.17, 15) is 30.7 Å². The average molecular weight is 256 g/mol. The van der Waals surface area contributed by atoms with Gasteiger partial charge in [-0.25, -0.2) is 0 Å². The maximum absolute atomic E-state index is 12.7. The van der Waals surface area contributed by atoms with E-state index < -0.39 is 31.4 Å². The first-order valence-corrected chi connectivity index (χ1v) is 3.75. The van der Waals surface area contributed by atoms with E-state index >= 15 is 0 Å². The van der Waals surface area contributed by atoms with Crippen LogP contribution in [0.4, 0.5) is 30.7 Å². The fourth-order valence-corrected chi connectivity index (χ4v) is 0.638. The number of hydrogen-bond donors (Lipinski definition) is 0. The standard InChI is InChI=1S/C7H7F7O2/c1-2-15-3-4-16-5(8,6(9,10)11)7(12,13)14/h2H,1,3-4H2. The molecular weight excluding hydrogens is 249 g/mol. The number of rotatable bonds is 5. The van der Waals surface area contributed by atoms with E-state index in [1.165, 1.54) is 0 Å². The third kappa shape index (κ3) is 3.26. The minimum Gasteiger partial charge on any atom is -0.499 e. The lowest BCUT2D eigenvalue weighted by atomic mass is 10.3. The fraction of sp³-hybridized carbons (Fsp3) is 0.714. The monoisotopic (exact) mass is 256 g/mol. The second-order valence-electron chi connectivity index (χ2n) is 2.48. The summed E-state index contributed by atoms with van der Waals surface area (Å²) < 4.78 is 91.0. The van der Waals surface area contributed by atoms with Crippen molar-refractivity contribution < 1.29 is 40.2 Å². The Bertz CT molecular complexity index is 218. The molecule has 0 bridgehead atoms. The van der Waals surface area contributed by atoms with Crippen molar-refractivity contribution in [3.8, 4) is 0 Å². The molecule has 9 heteroatoms. The summed E-state index contributed by atoms with van der Waals surface area (Å²) in [5.41, 5.74) is 0. The van der Waals surface area contributed by atoms with Gasteiger partial charge in [-0.05, 0) is 0 Å².